The second-order valence-electron chi connectivity index (χ2n) is 8.57. The summed E-state index contributed by atoms with van der Waals surface area (Å²) in [6, 6.07) is 17.9. The molecule has 0 atom stereocenters. The smallest absolute Gasteiger partial charge is 0.416 e. The van der Waals surface area contributed by atoms with E-state index in [2.05, 4.69) is 29.8 Å². The summed E-state index contributed by atoms with van der Waals surface area (Å²) in [5.74, 6) is 0.329. The maximum atomic E-state index is 12.9. The van der Waals surface area contributed by atoms with Crippen LogP contribution < -0.4 is 20.7 Å². The van der Waals surface area contributed by atoms with Crippen molar-refractivity contribution >= 4 is 28.9 Å². The van der Waals surface area contributed by atoms with Crippen LogP contribution in [0.15, 0.2) is 72.8 Å². The third kappa shape index (κ3) is 8.33. The Labute approximate surface area is 207 Å². The molecule has 3 N–H and O–H groups in total. The van der Waals surface area contributed by atoms with Gasteiger partial charge < -0.3 is 20.7 Å². The van der Waals surface area contributed by atoms with Crippen LogP contribution in [0.2, 0.25) is 0 Å². The summed E-state index contributed by atoms with van der Waals surface area (Å²) in [5, 5.41) is 8.19. The van der Waals surface area contributed by atoms with Crippen LogP contribution >= 0.6 is 0 Å². The highest BCUT2D eigenvalue weighted by Crippen LogP contribution is 2.30. The first-order chi connectivity index (χ1) is 17.1. The molecule has 0 radical (unpaired) electrons. The van der Waals surface area contributed by atoms with E-state index in [9.17, 15) is 22.8 Å². The Kier molecular flexibility index (Phi) is 8.94. The third-order valence-electron chi connectivity index (χ3n) is 5.11. The molecule has 190 valence electrons. The molecule has 0 fully saturated rings. The number of carbonyl (C=O) groups excluding carboxylic acids is 2. The molecule has 0 bridgehead atoms. The standard InChI is InChI=1S/C27H28F3N3O3/c1-18(2)12-13-36-24-11-5-10-23(16-24)32-25(34)17-31-21-8-3-6-19(14-21)26(35)33-22-9-4-7-20(15-22)27(28,29)30/h3-11,14-16,18,31H,12-13,17H2,1-2H3,(H,32,34)(H,33,35). The fraction of sp³-hybridized carbons (Fsp3) is 0.259. The molecule has 2 amide bonds. The Morgan fingerprint density at radius 3 is 2.25 bits per heavy atom. The van der Waals surface area contributed by atoms with E-state index >= 15 is 0 Å². The van der Waals surface area contributed by atoms with Crippen molar-refractivity contribution < 1.29 is 27.5 Å². The fourth-order valence-electron chi connectivity index (χ4n) is 3.21. The van der Waals surface area contributed by atoms with Crippen LogP contribution in [0.25, 0.3) is 0 Å². The fourth-order valence-corrected chi connectivity index (χ4v) is 3.21. The summed E-state index contributed by atoms with van der Waals surface area (Å²) in [7, 11) is 0. The molecule has 0 aromatic heterocycles. The van der Waals surface area contributed by atoms with E-state index in [1.165, 1.54) is 24.3 Å². The number of rotatable bonds is 10. The lowest BCUT2D eigenvalue weighted by atomic mass is 10.1. The Balaban J connectivity index is 1.54. The number of nitrogens with one attached hydrogen (secondary N) is 3. The van der Waals surface area contributed by atoms with Gasteiger partial charge in [0.25, 0.3) is 5.91 Å². The summed E-state index contributed by atoms with van der Waals surface area (Å²) < 4.78 is 44.4. The highest BCUT2D eigenvalue weighted by Gasteiger charge is 2.30. The van der Waals surface area contributed by atoms with Gasteiger partial charge in [0, 0.05) is 28.7 Å². The number of hydrogen-bond donors (Lipinski definition) is 3. The lowest BCUT2D eigenvalue weighted by Crippen LogP contribution is -2.22. The molecule has 0 spiro atoms. The third-order valence-corrected chi connectivity index (χ3v) is 5.11. The summed E-state index contributed by atoms with van der Waals surface area (Å²) in [6.45, 7) is 4.77. The molecule has 0 heterocycles. The quantitative estimate of drug-likeness (QED) is 0.300. The molecule has 0 unspecified atom stereocenters. The van der Waals surface area contributed by atoms with Crippen LogP contribution in [-0.4, -0.2) is 25.0 Å². The zero-order valence-electron chi connectivity index (χ0n) is 20.0. The van der Waals surface area contributed by atoms with Crippen molar-refractivity contribution in [2.24, 2.45) is 5.92 Å². The van der Waals surface area contributed by atoms with Crippen molar-refractivity contribution in [1.29, 1.82) is 0 Å². The summed E-state index contributed by atoms with van der Waals surface area (Å²) in [5.41, 5.74) is 0.507. The number of alkyl halides is 3. The van der Waals surface area contributed by atoms with Crippen LogP contribution in [-0.2, 0) is 11.0 Å². The summed E-state index contributed by atoms with van der Waals surface area (Å²) in [4.78, 5) is 24.9. The van der Waals surface area contributed by atoms with Gasteiger partial charge in [0.05, 0.1) is 18.7 Å². The van der Waals surface area contributed by atoms with Gasteiger partial charge in [0.15, 0.2) is 0 Å². The molecule has 3 aromatic rings. The lowest BCUT2D eigenvalue weighted by molar-refractivity contribution is -0.137. The molecular weight excluding hydrogens is 471 g/mol. The first-order valence-electron chi connectivity index (χ1n) is 11.5. The zero-order valence-corrected chi connectivity index (χ0v) is 20.0. The predicted molar refractivity (Wildman–Crippen MR) is 134 cm³/mol. The predicted octanol–water partition coefficient (Wildman–Crippen LogP) is 6.43. The lowest BCUT2D eigenvalue weighted by Gasteiger charge is -2.12. The van der Waals surface area contributed by atoms with Crippen LogP contribution in [0, 0.1) is 5.92 Å². The van der Waals surface area contributed by atoms with E-state index in [0.717, 1.165) is 18.6 Å². The summed E-state index contributed by atoms with van der Waals surface area (Å²) >= 11 is 0. The van der Waals surface area contributed by atoms with Gasteiger partial charge >= 0.3 is 6.18 Å². The molecule has 36 heavy (non-hydrogen) atoms. The number of amides is 2. The van der Waals surface area contributed by atoms with Crippen LogP contribution in [0.1, 0.15) is 36.2 Å². The maximum Gasteiger partial charge on any atom is 0.416 e. The number of halogens is 3. The molecule has 3 aromatic carbocycles. The normalized spacial score (nSPS) is 11.2. The number of benzene rings is 3. The minimum Gasteiger partial charge on any atom is -0.494 e. The topological polar surface area (TPSA) is 79.5 Å². The van der Waals surface area contributed by atoms with Crippen molar-refractivity contribution in [2.75, 3.05) is 29.1 Å². The van der Waals surface area contributed by atoms with E-state index in [0.29, 0.717) is 29.6 Å². The molecule has 0 aliphatic heterocycles. The van der Waals surface area contributed by atoms with Gasteiger partial charge in [-0.3, -0.25) is 9.59 Å². The van der Waals surface area contributed by atoms with E-state index < -0.39 is 17.6 Å². The molecular formula is C27H28F3N3O3. The molecule has 0 saturated heterocycles. The van der Waals surface area contributed by atoms with Crippen LogP contribution in [0.5, 0.6) is 5.75 Å². The van der Waals surface area contributed by atoms with Gasteiger partial charge in [0.2, 0.25) is 5.91 Å². The Morgan fingerprint density at radius 1 is 0.861 bits per heavy atom. The van der Waals surface area contributed by atoms with Crippen molar-refractivity contribution in [3.8, 4) is 5.75 Å². The van der Waals surface area contributed by atoms with Crippen molar-refractivity contribution in [3.63, 3.8) is 0 Å². The minimum absolute atomic E-state index is 0.0305. The van der Waals surface area contributed by atoms with Crippen LogP contribution in [0.3, 0.4) is 0 Å². The van der Waals surface area contributed by atoms with Gasteiger partial charge in [-0.1, -0.05) is 32.0 Å². The monoisotopic (exact) mass is 499 g/mol. The molecule has 3 rings (SSSR count). The molecule has 0 aliphatic rings. The highest BCUT2D eigenvalue weighted by molar-refractivity contribution is 6.05. The number of hydrogen-bond acceptors (Lipinski definition) is 4. The first kappa shape index (κ1) is 26.6. The van der Waals surface area contributed by atoms with Gasteiger partial charge in [-0.2, -0.15) is 13.2 Å². The number of anilines is 3. The van der Waals surface area contributed by atoms with Crippen molar-refractivity contribution in [2.45, 2.75) is 26.4 Å². The zero-order chi connectivity index (χ0) is 26.1. The Bertz CT molecular complexity index is 1200. The largest absolute Gasteiger partial charge is 0.494 e. The maximum absolute atomic E-state index is 12.9. The highest BCUT2D eigenvalue weighted by atomic mass is 19.4. The second kappa shape index (κ2) is 12.1. The second-order valence-corrected chi connectivity index (χ2v) is 8.57. The first-order valence-corrected chi connectivity index (χ1v) is 11.5. The average Bonchev–Trinajstić information content (AvgIpc) is 2.82. The number of ether oxygens (including phenoxy) is 1. The van der Waals surface area contributed by atoms with E-state index in [1.807, 2.05) is 6.07 Å². The minimum atomic E-state index is -4.51. The average molecular weight is 500 g/mol. The van der Waals surface area contributed by atoms with E-state index in [-0.39, 0.29) is 23.7 Å². The van der Waals surface area contributed by atoms with Crippen molar-refractivity contribution in [1.82, 2.24) is 0 Å². The summed E-state index contributed by atoms with van der Waals surface area (Å²) in [6.07, 6.45) is -3.58. The van der Waals surface area contributed by atoms with Crippen molar-refractivity contribution in [3.05, 3.63) is 83.9 Å². The van der Waals surface area contributed by atoms with Gasteiger partial charge in [-0.15, -0.1) is 0 Å². The van der Waals surface area contributed by atoms with Gasteiger partial charge in [-0.25, -0.2) is 0 Å². The molecule has 6 nitrogen and oxygen atoms in total. The van der Waals surface area contributed by atoms with Crippen LogP contribution in [0.4, 0.5) is 30.2 Å². The molecule has 0 aliphatic carbocycles. The Hall–Kier alpha value is -4.01. The van der Waals surface area contributed by atoms with Gasteiger partial charge in [-0.05, 0) is 60.9 Å². The Morgan fingerprint density at radius 2 is 1.53 bits per heavy atom. The van der Waals surface area contributed by atoms with E-state index in [4.69, 9.17) is 4.74 Å². The van der Waals surface area contributed by atoms with Gasteiger partial charge in [0.1, 0.15) is 5.75 Å². The SMILES string of the molecule is CC(C)CCOc1cccc(NC(=O)CNc2cccc(C(=O)Nc3cccc(C(F)(F)F)c3)c2)c1. The molecule has 0 saturated carbocycles. The van der Waals surface area contributed by atoms with E-state index in [1.54, 1.807) is 30.3 Å². The molecule has 9 heteroatoms. The number of carbonyl (C=O) groups is 2.